The average Bonchev–Trinajstić information content (AvgIpc) is 2.88. The molecule has 0 spiro atoms. The fourth-order valence-corrected chi connectivity index (χ4v) is 5.70. The maximum atomic E-state index is 14.2. The molecule has 1 heterocycles. The minimum absolute atomic E-state index is 0.0993. The van der Waals surface area contributed by atoms with Gasteiger partial charge in [0.2, 0.25) is 0 Å². The summed E-state index contributed by atoms with van der Waals surface area (Å²) in [5, 5.41) is 0. The molecule has 1 saturated heterocycles. The highest BCUT2D eigenvalue weighted by Gasteiger charge is 2.51. The molecule has 3 aliphatic rings. The topological polar surface area (TPSA) is 38.5 Å². The third kappa shape index (κ3) is 4.84. The highest BCUT2D eigenvalue weighted by atomic mass is 19.3. The highest BCUT2D eigenvalue weighted by molar-refractivity contribution is 4.99. The minimum Gasteiger partial charge on any atom is -0.370 e. The van der Waals surface area contributed by atoms with Crippen LogP contribution in [0.4, 0.5) is 8.78 Å². The van der Waals surface area contributed by atoms with Crippen LogP contribution in [0.3, 0.4) is 0 Å². The first-order chi connectivity index (χ1) is 12.7. The van der Waals surface area contributed by atoms with Crippen molar-refractivity contribution in [3.05, 3.63) is 0 Å². The largest absolute Gasteiger partial charge is 0.370 e. The van der Waals surface area contributed by atoms with Crippen molar-refractivity contribution in [1.29, 1.82) is 0 Å². The summed E-state index contributed by atoms with van der Waals surface area (Å²) in [5.74, 6) is -1.75. The van der Waals surface area contributed by atoms with Crippen molar-refractivity contribution in [3.63, 3.8) is 0 Å². The maximum Gasteiger partial charge on any atom is 0.265 e. The molecule has 0 aromatic carbocycles. The molecule has 4 atom stereocenters. The zero-order valence-electron chi connectivity index (χ0n) is 17.6. The summed E-state index contributed by atoms with van der Waals surface area (Å²) in [6.07, 6.45) is 9.22. The molecular weight excluding hydrogens is 346 g/mol. The third-order valence-corrected chi connectivity index (χ3v) is 7.62. The molecule has 3 fully saturated rings. The lowest BCUT2D eigenvalue weighted by Gasteiger charge is -2.52. The Hall–Kier alpha value is -0.260. The fraction of sp³-hybridized carbons (Fsp3) is 1.00. The van der Waals surface area contributed by atoms with Crippen LogP contribution in [0.1, 0.15) is 85.0 Å². The smallest absolute Gasteiger partial charge is 0.265 e. The number of hydrogen-bond acceptors (Lipinski definition) is 3. The maximum absolute atomic E-state index is 14.2. The van der Waals surface area contributed by atoms with Gasteiger partial charge in [0.1, 0.15) is 0 Å². The van der Waals surface area contributed by atoms with Gasteiger partial charge in [-0.1, -0.05) is 38.5 Å². The zero-order chi connectivity index (χ0) is 19.7. The first kappa shape index (κ1) is 21.4. The summed E-state index contributed by atoms with van der Waals surface area (Å²) in [4.78, 5) is 2.55. The summed E-state index contributed by atoms with van der Waals surface area (Å²) in [6, 6.07) is -0.648. The number of likely N-dealkylation sites (tertiary alicyclic amines) is 1. The van der Waals surface area contributed by atoms with E-state index < -0.39 is 18.1 Å². The van der Waals surface area contributed by atoms with Gasteiger partial charge in [-0.3, -0.25) is 0 Å². The monoisotopic (exact) mass is 386 g/mol. The molecule has 0 bridgehead atoms. The van der Waals surface area contributed by atoms with Crippen LogP contribution in [0.15, 0.2) is 0 Å². The van der Waals surface area contributed by atoms with Crippen molar-refractivity contribution in [2.75, 3.05) is 13.1 Å². The lowest BCUT2D eigenvalue weighted by atomic mass is 9.71. The Balaban J connectivity index is 1.78. The van der Waals surface area contributed by atoms with E-state index in [2.05, 4.69) is 25.7 Å². The van der Waals surface area contributed by atoms with Crippen LogP contribution in [-0.2, 0) is 4.74 Å². The summed E-state index contributed by atoms with van der Waals surface area (Å²) in [7, 11) is 0. The molecule has 158 valence electrons. The molecule has 2 unspecified atom stereocenters. The third-order valence-electron chi connectivity index (χ3n) is 7.62. The van der Waals surface area contributed by atoms with E-state index in [9.17, 15) is 8.78 Å². The first-order valence-corrected chi connectivity index (χ1v) is 11.3. The number of nitrogens with two attached hydrogens (primary N) is 1. The SMILES string of the molecule is CC(C)N1CCC(C)(O[C@H]2CCCC(F)(F)[C@@H]2N)C(C2CCCCCC2)C1. The number of hydrogen-bond donors (Lipinski definition) is 1. The van der Waals surface area contributed by atoms with Crippen LogP contribution >= 0.6 is 0 Å². The summed E-state index contributed by atoms with van der Waals surface area (Å²) in [6.45, 7) is 8.71. The fourth-order valence-electron chi connectivity index (χ4n) is 5.70. The lowest BCUT2D eigenvalue weighted by molar-refractivity contribution is -0.200. The van der Waals surface area contributed by atoms with Gasteiger partial charge in [-0.25, -0.2) is 8.78 Å². The van der Waals surface area contributed by atoms with Gasteiger partial charge in [-0.2, -0.15) is 0 Å². The van der Waals surface area contributed by atoms with Gasteiger partial charge in [0, 0.05) is 31.5 Å². The van der Waals surface area contributed by atoms with E-state index in [-0.39, 0.29) is 12.0 Å². The van der Waals surface area contributed by atoms with Gasteiger partial charge < -0.3 is 15.4 Å². The summed E-state index contributed by atoms with van der Waals surface area (Å²) < 4.78 is 34.9. The van der Waals surface area contributed by atoms with Crippen molar-refractivity contribution in [3.8, 4) is 0 Å². The molecule has 1 aliphatic heterocycles. The predicted octanol–water partition coefficient (Wildman–Crippen LogP) is 4.98. The molecule has 5 heteroatoms. The molecule has 2 N–H and O–H groups in total. The van der Waals surface area contributed by atoms with Crippen molar-refractivity contribution in [1.82, 2.24) is 4.90 Å². The van der Waals surface area contributed by atoms with E-state index in [1.54, 1.807) is 0 Å². The molecule has 3 nitrogen and oxygen atoms in total. The average molecular weight is 387 g/mol. The molecule has 0 amide bonds. The lowest BCUT2D eigenvalue weighted by Crippen LogP contribution is -2.61. The number of halogens is 2. The number of alkyl halides is 2. The Labute approximate surface area is 164 Å². The van der Waals surface area contributed by atoms with Crippen LogP contribution in [-0.4, -0.2) is 47.7 Å². The number of nitrogens with zero attached hydrogens (tertiary/aromatic N) is 1. The van der Waals surface area contributed by atoms with E-state index in [0.29, 0.717) is 30.7 Å². The van der Waals surface area contributed by atoms with E-state index in [0.717, 1.165) is 19.5 Å². The van der Waals surface area contributed by atoms with Crippen molar-refractivity contribution in [2.24, 2.45) is 17.6 Å². The van der Waals surface area contributed by atoms with E-state index in [4.69, 9.17) is 10.5 Å². The van der Waals surface area contributed by atoms with Gasteiger partial charge in [0.25, 0.3) is 5.92 Å². The second-order valence-electron chi connectivity index (χ2n) is 9.84. The van der Waals surface area contributed by atoms with Crippen molar-refractivity contribution >= 4 is 0 Å². The molecule has 3 rings (SSSR count). The van der Waals surface area contributed by atoms with Crippen LogP contribution < -0.4 is 5.73 Å². The molecule has 0 aromatic rings. The van der Waals surface area contributed by atoms with Crippen LogP contribution in [0.2, 0.25) is 0 Å². The molecule has 0 radical (unpaired) electrons. The Bertz CT molecular complexity index is 479. The Morgan fingerprint density at radius 2 is 1.67 bits per heavy atom. The van der Waals surface area contributed by atoms with E-state index >= 15 is 0 Å². The molecule has 0 aromatic heterocycles. The zero-order valence-corrected chi connectivity index (χ0v) is 17.6. The van der Waals surface area contributed by atoms with Crippen LogP contribution in [0.5, 0.6) is 0 Å². The summed E-state index contributed by atoms with van der Waals surface area (Å²) >= 11 is 0. The predicted molar refractivity (Wildman–Crippen MR) is 106 cm³/mol. The second-order valence-corrected chi connectivity index (χ2v) is 9.84. The minimum atomic E-state index is -2.80. The molecular formula is C22H40F2N2O. The molecule has 2 aliphatic carbocycles. The van der Waals surface area contributed by atoms with E-state index in [1.807, 2.05) is 0 Å². The standard InChI is InChI=1S/C22H40F2N2O/c1-16(2)26-14-13-21(3,18(15-26)17-9-6-4-5-7-10-17)27-19-11-8-12-22(23,24)20(19)25/h16-20H,4-15,25H2,1-3H3/t18?,19-,20+,21?/m0/s1. The second kappa shape index (κ2) is 8.62. The Kier molecular flexibility index (Phi) is 6.85. The van der Waals surface area contributed by atoms with E-state index in [1.165, 1.54) is 38.5 Å². The summed E-state index contributed by atoms with van der Waals surface area (Å²) in [5.41, 5.74) is 5.63. The number of ether oxygens (including phenoxy) is 1. The quantitative estimate of drug-likeness (QED) is 0.693. The first-order valence-electron chi connectivity index (χ1n) is 11.3. The number of piperidine rings is 1. The Morgan fingerprint density at radius 3 is 2.30 bits per heavy atom. The van der Waals surface area contributed by atoms with Gasteiger partial charge >= 0.3 is 0 Å². The highest BCUT2D eigenvalue weighted by Crippen LogP contribution is 2.44. The Morgan fingerprint density at radius 1 is 1.00 bits per heavy atom. The van der Waals surface area contributed by atoms with Crippen LogP contribution in [0.25, 0.3) is 0 Å². The van der Waals surface area contributed by atoms with Crippen molar-refractivity contribution < 1.29 is 13.5 Å². The van der Waals surface area contributed by atoms with Crippen molar-refractivity contribution in [2.45, 2.75) is 115 Å². The number of rotatable bonds is 4. The van der Waals surface area contributed by atoms with Gasteiger partial charge in [0.15, 0.2) is 0 Å². The van der Waals surface area contributed by atoms with Gasteiger partial charge in [-0.15, -0.1) is 0 Å². The molecule has 2 saturated carbocycles. The normalized spacial score (nSPS) is 39.4. The van der Waals surface area contributed by atoms with Gasteiger partial charge in [0.05, 0.1) is 17.7 Å². The van der Waals surface area contributed by atoms with Gasteiger partial charge in [-0.05, 0) is 46.0 Å². The van der Waals surface area contributed by atoms with Crippen LogP contribution in [0, 0.1) is 11.8 Å². The molecule has 27 heavy (non-hydrogen) atoms.